The van der Waals surface area contributed by atoms with Crippen molar-refractivity contribution in [3.8, 4) is 34.2 Å². The molecule has 1 heterocycles. The summed E-state index contributed by atoms with van der Waals surface area (Å²) in [6.07, 6.45) is 0. The standard InChI is InChI=1S/C22H15FIN3/c1-14-2-4-15(5-3-14)20-25-21(16-6-10-18(23)11-7-16)27-22(26-20)17-8-12-19(24)13-9-17/h2-13H,1H3. The Morgan fingerprint density at radius 3 is 1.41 bits per heavy atom. The van der Waals surface area contributed by atoms with Gasteiger partial charge in [-0.3, -0.25) is 0 Å². The minimum atomic E-state index is -0.288. The third kappa shape index (κ3) is 4.03. The molecule has 0 amide bonds. The molecule has 0 aliphatic rings. The lowest BCUT2D eigenvalue weighted by Crippen LogP contribution is -2.00. The summed E-state index contributed by atoms with van der Waals surface area (Å²) in [6.45, 7) is 2.04. The fourth-order valence-corrected chi connectivity index (χ4v) is 3.02. The number of benzene rings is 3. The Bertz CT molecular complexity index is 922. The molecule has 4 aromatic rings. The number of rotatable bonds is 3. The summed E-state index contributed by atoms with van der Waals surface area (Å²) in [5.74, 6) is 1.42. The van der Waals surface area contributed by atoms with E-state index in [-0.39, 0.29) is 5.82 Å². The second kappa shape index (κ2) is 7.52. The molecule has 0 unspecified atom stereocenters. The Balaban J connectivity index is 1.89. The van der Waals surface area contributed by atoms with Crippen LogP contribution in [0.2, 0.25) is 0 Å². The van der Waals surface area contributed by atoms with Gasteiger partial charge in [-0.15, -0.1) is 0 Å². The first-order chi connectivity index (χ1) is 13.1. The fourth-order valence-electron chi connectivity index (χ4n) is 2.66. The van der Waals surface area contributed by atoms with Crippen LogP contribution in [-0.4, -0.2) is 15.0 Å². The van der Waals surface area contributed by atoms with E-state index in [1.807, 2.05) is 55.5 Å². The zero-order valence-electron chi connectivity index (χ0n) is 14.5. The third-order valence-electron chi connectivity index (χ3n) is 4.15. The summed E-state index contributed by atoms with van der Waals surface area (Å²) in [7, 11) is 0. The van der Waals surface area contributed by atoms with E-state index in [0.717, 1.165) is 20.3 Å². The van der Waals surface area contributed by atoms with Gasteiger partial charge in [-0.1, -0.05) is 42.0 Å². The molecule has 0 saturated carbocycles. The van der Waals surface area contributed by atoms with Gasteiger partial charge in [-0.2, -0.15) is 0 Å². The zero-order chi connectivity index (χ0) is 18.8. The summed E-state index contributed by atoms with van der Waals surface area (Å²) in [4.78, 5) is 13.9. The van der Waals surface area contributed by atoms with Crippen LogP contribution in [0, 0.1) is 16.3 Å². The first-order valence-corrected chi connectivity index (χ1v) is 9.51. The van der Waals surface area contributed by atoms with E-state index in [9.17, 15) is 4.39 Å². The molecule has 0 atom stereocenters. The summed E-state index contributed by atoms with van der Waals surface area (Å²) in [6, 6.07) is 22.3. The number of aryl methyl sites for hydroxylation is 1. The lowest BCUT2D eigenvalue weighted by molar-refractivity contribution is 0.628. The van der Waals surface area contributed by atoms with Crippen LogP contribution < -0.4 is 0 Å². The van der Waals surface area contributed by atoms with Crippen molar-refractivity contribution in [3.63, 3.8) is 0 Å². The van der Waals surface area contributed by atoms with E-state index < -0.39 is 0 Å². The molecule has 3 aromatic carbocycles. The van der Waals surface area contributed by atoms with Crippen molar-refractivity contribution in [3.05, 3.63) is 87.7 Å². The van der Waals surface area contributed by atoms with Crippen molar-refractivity contribution in [2.45, 2.75) is 6.92 Å². The van der Waals surface area contributed by atoms with Crippen LogP contribution in [0.15, 0.2) is 72.8 Å². The quantitative estimate of drug-likeness (QED) is 0.351. The van der Waals surface area contributed by atoms with Gasteiger partial charge in [-0.25, -0.2) is 19.3 Å². The van der Waals surface area contributed by atoms with E-state index in [0.29, 0.717) is 17.5 Å². The number of hydrogen-bond donors (Lipinski definition) is 0. The summed E-state index contributed by atoms with van der Waals surface area (Å²) in [5, 5.41) is 0. The summed E-state index contributed by atoms with van der Waals surface area (Å²) in [5.41, 5.74) is 3.75. The van der Waals surface area contributed by atoms with Gasteiger partial charge in [0.05, 0.1) is 0 Å². The molecule has 27 heavy (non-hydrogen) atoms. The Morgan fingerprint density at radius 1 is 0.593 bits per heavy atom. The Morgan fingerprint density at radius 2 is 0.963 bits per heavy atom. The van der Waals surface area contributed by atoms with Crippen molar-refractivity contribution in [1.29, 1.82) is 0 Å². The van der Waals surface area contributed by atoms with Gasteiger partial charge < -0.3 is 0 Å². The van der Waals surface area contributed by atoms with Gasteiger partial charge in [-0.05, 0) is 65.9 Å². The first kappa shape index (κ1) is 17.7. The number of halogens is 2. The van der Waals surface area contributed by atoms with Crippen LogP contribution in [0.5, 0.6) is 0 Å². The highest BCUT2D eigenvalue weighted by Crippen LogP contribution is 2.25. The normalized spacial score (nSPS) is 10.8. The second-order valence-electron chi connectivity index (χ2n) is 6.19. The van der Waals surface area contributed by atoms with Gasteiger partial charge in [0.2, 0.25) is 0 Å². The van der Waals surface area contributed by atoms with Gasteiger partial charge in [0.1, 0.15) is 5.82 Å². The predicted molar refractivity (Wildman–Crippen MR) is 114 cm³/mol. The van der Waals surface area contributed by atoms with Gasteiger partial charge in [0, 0.05) is 20.3 Å². The van der Waals surface area contributed by atoms with Crippen LogP contribution in [0.1, 0.15) is 5.56 Å². The molecular formula is C22H15FIN3. The SMILES string of the molecule is Cc1ccc(-c2nc(-c3ccc(F)cc3)nc(-c3ccc(I)cc3)n2)cc1. The Hall–Kier alpha value is -2.67. The van der Waals surface area contributed by atoms with E-state index in [4.69, 9.17) is 0 Å². The maximum absolute atomic E-state index is 13.3. The van der Waals surface area contributed by atoms with Crippen LogP contribution in [0.3, 0.4) is 0 Å². The van der Waals surface area contributed by atoms with E-state index >= 15 is 0 Å². The minimum absolute atomic E-state index is 0.288. The molecule has 0 bridgehead atoms. The van der Waals surface area contributed by atoms with Crippen molar-refractivity contribution in [2.24, 2.45) is 0 Å². The predicted octanol–water partition coefficient (Wildman–Crippen LogP) is 5.92. The summed E-state index contributed by atoms with van der Waals surface area (Å²) >= 11 is 2.27. The maximum Gasteiger partial charge on any atom is 0.164 e. The molecule has 0 N–H and O–H groups in total. The van der Waals surface area contributed by atoms with Crippen LogP contribution in [0.25, 0.3) is 34.2 Å². The van der Waals surface area contributed by atoms with Crippen molar-refractivity contribution in [1.82, 2.24) is 15.0 Å². The Kier molecular flexibility index (Phi) is 4.94. The molecule has 0 aliphatic heterocycles. The largest absolute Gasteiger partial charge is 0.208 e. The molecule has 0 fully saturated rings. The van der Waals surface area contributed by atoms with Crippen molar-refractivity contribution < 1.29 is 4.39 Å². The molecule has 132 valence electrons. The molecule has 0 spiro atoms. The molecule has 1 aromatic heterocycles. The second-order valence-corrected chi connectivity index (χ2v) is 7.43. The maximum atomic E-state index is 13.3. The topological polar surface area (TPSA) is 38.7 Å². The molecule has 0 saturated heterocycles. The highest BCUT2D eigenvalue weighted by molar-refractivity contribution is 14.1. The first-order valence-electron chi connectivity index (χ1n) is 8.43. The smallest absolute Gasteiger partial charge is 0.164 e. The minimum Gasteiger partial charge on any atom is -0.208 e. The number of hydrogen-bond acceptors (Lipinski definition) is 3. The van der Waals surface area contributed by atoms with Gasteiger partial charge >= 0.3 is 0 Å². The zero-order valence-corrected chi connectivity index (χ0v) is 16.7. The molecule has 5 heteroatoms. The molecule has 3 nitrogen and oxygen atoms in total. The third-order valence-corrected chi connectivity index (χ3v) is 4.87. The average Bonchev–Trinajstić information content (AvgIpc) is 2.69. The van der Waals surface area contributed by atoms with Gasteiger partial charge in [0.25, 0.3) is 0 Å². The monoisotopic (exact) mass is 467 g/mol. The average molecular weight is 467 g/mol. The highest BCUT2D eigenvalue weighted by atomic mass is 127. The van der Waals surface area contributed by atoms with E-state index in [1.54, 1.807) is 12.1 Å². The van der Waals surface area contributed by atoms with Crippen molar-refractivity contribution >= 4 is 22.6 Å². The van der Waals surface area contributed by atoms with E-state index in [1.165, 1.54) is 17.7 Å². The van der Waals surface area contributed by atoms with Crippen molar-refractivity contribution in [2.75, 3.05) is 0 Å². The molecule has 4 rings (SSSR count). The molecule has 0 radical (unpaired) electrons. The van der Waals surface area contributed by atoms with Crippen LogP contribution >= 0.6 is 22.6 Å². The Labute approximate surface area is 170 Å². The van der Waals surface area contributed by atoms with Crippen LogP contribution in [-0.2, 0) is 0 Å². The van der Waals surface area contributed by atoms with Crippen LogP contribution in [0.4, 0.5) is 4.39 Å². The molecular weight excluding hydrogens is 452 g/mol. The number of nitrogens with zero attached hydrogens (tertiary/aromatic N) is 3. The molecule has 0 aliphatic carbocycles. The highest BCUT2D eigenvalue weighted by Gasteiger charge is 2.12. The van der Waals surface area contributed by atoms with E-state index in [2.05, 4.69) is 37.5 Å². The lowest BCUT2D eigenvalue weighted by Gasteiger charge is -2.08. The number of aromatic nitrogens is 3. The fraction of sp³-hybridized carbons (Fsp3) is 0.0455. The van der Waals surface area contributed by atoms with Gasteiger partial charge in [0.15, 0.2) is 17.5 Å². The summed E-state index contributed by atoms with van der Waals surface area (Å²) < 4.78 is 14.5. The lowest BCUT2D eigenvalue weighted by atomic mass is 10.1.